The van der Waals surface area contributed by atoms with Gasteiger partial charge in [-0.05, 0) is 39.8 Å². The second-order valence-electron chi connectivity index (χ2n) is 7.51. The second-order valence-corrected chi connectivity index (χ2v) is 7.51. The number of aryl methyl sites for hydroxylation is 1. The Kier molecular flexibility index (Phi) is 6.00. The van der Waals surface area contributed by atoms with Gasteiger partial charge in [0.1, 0.15) is 0 Å². The van der Waals surface area contributed by atoms with Crippen LogP contribution in [0.4, 0.5) is 0 Å². The van der Waals surface area contributed by atoms with E-state index in [0.717, 1.165) is 11.4 Å². The molecular formula is C21H27N5O3. The predicted octanol–water partition coefficient (Wildman–Crippen LogP) is 1.30. The third-order valence-electron chi connectivity index (χ3n) is 4.97. The normalized spacial score (nSPS) is 14.2. The molecule has 3 amide bonds. The van der Waals surface area contributed by atoms with Crippen LogP contribution in [0.2, 0.25) is 0 Å². The summed E-state index contributed by atoms with van der Waals surface area (Å²) in [4.78, 5) is 40.5. The molecular weight excluding hydrogens is 370 g/mol. The van der Waals surface area contributed by atoms with Crippen LogP contribution in [0.25, 0.3) is 5.69 Å². The van der Waals surface area contributed by atoms with Crippen molar-refractivity contribution >= 4 is 17.7 Å². The minimum absolute atomic E-state index is 0.0959. The number of nitrogens with zero attached hydrogens (tertiary/aromatic N) is 4. The number of carbonyl (C=O) groups excluding carboxylic acids is 3. The Morgan fingerprint density at radius 1 is 0.966 bits per heavy atom. The number of carbonyl (C=O) groups is 3. The van der Waals surface area contributed by atoms with Crippen molar-refractivity contribution in [2.75, 3.05) is 26.2 Å². The van der Waals surface area contributed by atoms with E-state index in [1.54, 1.807) is 9.58 Å². The highest BCUT2D eigenvalue weighted by atomic mass is 16.2. The van der Waals surface area contributed by atoms with Crippen molar-refractivity contribution in [3.63, 3.8) is 0 Å². The molecule has 1 aromatic heterocycles. The van der Waals surface area contributed by atoms with Crippen LogP contribution in [0.1, 0.15) is 35.6 Å². The molecule has 0 atom stereocenters. The second kappa shape index (κ2) is 8.46. The fourth-order valence-electron chi connectivity index (χ4n) is 3.51. The molecule has 154 valence electrons. The Labute approximate surface area is 170 Å². The first-order valence-electron chi connectivity index (χ1n) is 9.80. The predicted molar refractivity (Wildman–Crippen MR) is 109 cm³/mol. The maximum Gasteiger partial charge on any atom is 0.312 e. The van der Waals surface area contributed by atoms with Gasteiger partial charge >= 0.3 is 11.8 Å². The van der Waals surface area contributed by atoms with Gasteiger partial charge in [-0.25, -0.2) is 4.68 Å². The zero-order valence-electron chi connectivity index (χ0n) is 17.3. The van der Waals surface area contributed by atoms with Gasteiger partial charge in [0.05, 0.1) is 22.6 Å². The summed E-state index contributed by atoms with van der Waals surface area (Å²) < 4.78 is 1.78. The number of amides is 3. The van der Waals surface area contributed by atoms with Gasteiger partial charge in [-0.3, -0.25) is 14.4 Å². The van der Waals surface area contributed by atoms with Gasteiger partial charge < -0.3 is 15.1 Å². The summed E-state index contributed by atoms with van der Waals surface area (Å²) in [6, 6.07) is 9.59. The summed E-state index contributed by atoms with van der Waals surface area (Å²) >= 11 is 0. The van der Waals surface area contributed by atoms with E-state index >= 15 is 0 Å². The number of benzene rings is 1. The van der Waals surface area contributed by atoms with Crippen LogP contribution in [-0.4, -0.2) is 69.5 Å². The Balaban J connectivity index is 1.70. The van der Waals surface area contributed by atoms with Crippen LogP contribution < -0.4 is 5.32 Å². The molecule has 0 aliphatic carbocycles. The van der Waals surface area contributed by atoms with Gasteiger partial charge in [-0.2, -0.15) is 5.10 Å². The Bertz CT molecular complexity index is 912. The zero-order valence-corrected chi connectivity index (χ0v) is 17.3. The Morgan fingerprint density at radius 2 is 1.55 bits per heavy atom. The quantitative estimate of drug-likeness (QED) is 0.791. The first-order chi connectivity index (χ1) is 13.8. The van der Waals surface area contributed by atoms with Crippen LogP contribution in [0, 0.1) is 13.8 Å². The first kappa shape index (κ1) is 20.6. The van der Waals surface area contributed by atoms with Crippen LogP contribution in [0.15, 0.2) is 30.3 Å². The van der Waals surface area contributed by atoms with Crippen molar-refractivity contribution in [3.05, 3.63) is 47.3 Å². The summed E-state index contributed by atoms with van der Waals surface area (Å²) in [7, 11) is 0. The minimum atomic E-state index is -0.601. The van der Waals surface area contributed by atoms with E-state index in [-0.39, 0.29) is 11.9 Å². The minimum Gasteiger partial charge on any atom is -0.346 e. The van der Waals surface area contributed by atoms with Crippen LogP contribution in [0.3, 0.4) is 0 Å². The highest BCUT2D eigenvalue weighted by molar-refractivity contribution is 6.35. The van der Waals surface area contributed by atoms with Gasteiger partial charge in [0.2, 0.25) is 0 Å². The zero-order chi connectivity index (χ0) is 21.1. The van der Waals surface area contributed by atoms with Crippen LogP contribution >= 0.6 is 0 Å². The molecule has 29 heavy (non-hydrogen) atoms. The van der Waals surface area contributed by atoms with Gasteiger partial charge in [0.25, 0.3) is 5.91 Å². The van der Waals surface area contributed by atoms with Crippen molar-refractivity contribution in [2.24, 2.45) is 0 Å². The van der Waals surface area contributed by atoms with Crippen LogP contribution in [-0.2, 0) is 9.59 Å². The molecule has 0 saturated carbocycles. The lowest BCUT2D eigenvalue weighted by atomic mass is 10.1. The van der Waals surface area contributed by atoms with E-state index < -0.39 is 11.8 Å². The first-order valence-corrected chi connectivity index (χ1v) is 9.80. The fraction of sp³-hybridized carbons (Fsp3) is 0.429. The standard InChI is InChI=1S/C21H27N5O3/c1-14(2)22-19(27)21(29)25-12-10-24(11-13-25)20(28)18-15(3)23-26(16(18)4)17-8-6-5-7-9-17/h5-9,14H,10-13H2,1-4H3,(H,22,27). The van der Waals surface area contributed by atoms with E-state index in [1.807, 2.05) is 58.0 Å². The maximum absolute atomic E-state index is 13.1. The average Bonchev–Trinajstić information content (AvgIpc) is 3.01. The number of nitrogens with one attached hydrogen (secondary N) is 1. The molecule has 2 aromatic rings. The molecule has 1 N–H and O–H groups in total. The number of para-hydroxylation sites is 1. The van der Waals surface area contributed by atoms with Crippen molar-refractivity contribution in [1.29, 1.82) is 0 Å². The van der Waals surface area contributed by atoms with Gasteiger partial charge in [0, 0.05) is 32.2 Å². The molecule has 0 radical (unpaired) electrons. The Hall–Kier alpha value is -3.16. The molecule has 0 bridgehead atoms. The topological polar surface area (TPSA) is 87.5 Å². The summed E-state index contributed by atoms with van der Waals surface area (Å²) in [6.07, 6.45) is 0. The molecule has 1 aliphatic heterocycles. The van der Waals surface area contributed by atoms with Crippen molar-refractivity contribution in [3.8, 4) is 5.69 Å². The average molecular weight is 397 g/mol. The molecule has 0 unspecified atom stereocenters. The molecule has 0 spiro atoms. The van der Waals surface area contributed by atoms with E-state index in [9.17, 15) is 14.4 Å². The number of rotatable bonds is 3. The smallest absolute Gasteiger partial charge is 0.312 e. The highest BCUT2D eigenvalue weighted by Crippen LogP contribution is 2.20. The highest BCUT2D eigenvalue weighted by Gasteiger charge is 2.30. The largest absolute Gasteiger partial charge is 0.346 e. The molecule has 1 aliphatic rings. The lowest BCUT2D eigenvalue weighted by molar-refractivity contribution is -0.147. The maximum atomic E-state index is 13.1. The molecule has 3 rings (SSSR count). The lowest BCUT2D eigenvalue weighted by Crippen LogP contribution is -2.54. The van der Waals surface area contributed by atoms with Crippen molar-refractivity contribution in [1.82, 2.24) is 24.9 Å². The SMILES string of the molecule is Cc1nn(-c2ccccc2)c(C)c1C(=O)N1CCN(C(=O)C(=O)NC(C)C)CC1. The molecule has 8 nitrogen and oxygen atoms in total. The van der Waals surface area contributed by atoms with Crippen LogP contribution in [0.5, 0.6) is 0 Å². The van der Waals surface area contributed by atoms with E-state index in [1.165, 1.54) is 4.90 Å². The molecule has 2 heterocycles. The summed E-state index contributed by atoms with van der Waals surface area (Å²) in [6.45, 7) is 8.77. The number of aromatic nitrogens is 2. The lowest BCUT2D eigenvalue weighted by Gasteiger charge is -2.34. The summed E-state index contributed by atoms with van der Waals surface area (Å²) in [5.74, 6) is -1.24. The summed E-state index contributed by atoms with van der Waals surface area (Å²) in [5.41, 5.74) is 2.95. The summed E-state index contributed by atoms with van der Waals surface area (Å²) in [5, 5.41) is 7.15. The number of hydrogen-bond acceptors (Lipinski definition) is 4. The van der Waals surface area contributed by atoms with Gasteiger partial charge in [-0.15, -0.1) is 0 Å². The molecule has 1 aromatic carbocycles. The van der Waals surface area contributed by atoms with Gasteiger partial charge in [-0.1, -0.05) is 18.2 Å². The van der Waals surface area contributed by atoms with Crippen molar-refractivity contribution < 1.29 is 14.4 Å². The molecule has 1 fully saturated rings. The fourth-order valence-corrected chi connectivity index (χ4v) is 3.51. The molecule has 1 saturated heterocycles. The third kappa shape index (κ3) is 4.31. The van der Waals surface area contributed by atoms with Gasteiger partial charge in [0.15, 0.2) is 0 Å². The van der Waals surface area contributed by atoms with E-state index in [2.05, 4.69) is 10.4 Å². The van der Waals surface area contributed by atoms with Crippen molar-refractivity contribution in [2.45, 2.75) is 33.7 Å². The molecule has 8 heteroatoms. The number of piperazine rings is 1. The monoisotopic (exact) mass is 397 g/mol. The third-order valence-corrected chi connectivity index (χ3v) is 4.97. The van der Waals surface area contributed by atoms with E-state index in [0.29, 0.717) is 37.4 Å². The number of hydrogen-bond donors (Lipinski definition) is 1. The van der Waals surface area contributed by atoms with E-state index in [4.69, 9.17) is 0 Å². The Morgan fingerprint density at radius 3 is 2.14 bits per heavy atom.